The van der Waals surface area contributed by atoms with Gasteiger partial charge in [0.15, 0.2) is 0 Å². The molecule has 3 rings (SSSR count). The van der Waals surface area contributed by atoms with Crippen LogP contribution in [0.1, 0.15) is 21.5 Å². The Hall–Kier alpha value is -3.65. The lowest BCUT2D eigenvalue weighted by molar-refractivity contribution is -0.140. The van der Waals surface area contributed by atoms with Crippen molar-refractivity contribution in [2.75, 3.05) is 37.8 Å². The van der Waals surface area contributed by atoms with Crippen LogP contribution in [0.5, 0.6) is 0 Å². The summed E-state index contributed by atoms with van der Waals surface area (Å²) >= 11 is 0. The summed E-state index contributed by atoms with van der Waals surface area (Å²) in [6.07, 6.45) is 0. The Morgan fingerprint density at radius 1 is 1.00 bits per heavy atom. The molecular weight excluding hydrogens is 400 g/mol. The fourth-order valence-corrected chi connectivity index (χ4v) is 3.24. The number of carbonyl (C=O) groups is 3. The zero-order valence-corrected chi connectivity index (χ0v) is 17.9. The second-order valence-corrected chi connectivity index (χ2v) is 6.97. The number of esters is 2. The quantitative estimate of drug-likeness (QED) is 0.738. The van der Waals surface area contributed by atoms with Gasteiger partial charge in [0.25, 0.3) is 5.91 Å². The van der Waals surface area contributed by atoms with Crippen LogP contribution in [-0.2, 0) is 23.8 Å². The number of methoxy groups -OCH3 is 2. The number of nitrogens with zero attached hydrogens (tertiary/aromatic N) is 1. The molecule has 31 heavy (non-hydrogen) atoms. The summed E-state index contributed by atoms with van der Waals surface area (Å²) in [5.74, 6) is -1.69. The third-order valence-electron chi connectivity index (χ3n) is 5.11. The number of aryl methyl sites for hydroxylation is 1. The summed E-state index contributed by atoms with van der Waals surface area (Å²) in [5, 5.41) is 2.91. The summed E-state index contributed by atoms with van der Waals surface area (Å²) in [7, 11) is 2.45. The van der Waals surface area contributed by atoms with Gasteiger partial charge in [-0.1, -0.05) is 18.2 Å². The fraction of sp³-hybridized carbons (Fsp3) is 0.261. The lowest BCUT2D eigenvalue weighted by atomic mass is 10.1. The minimum Gasteiger partial charge on any atom is -0.466 e. The Morgan fingerprint density at radius 3 is 2.42 bits per heavy atom. The van der Waals surface area contributed by atoms with E-state index in [9.17, 15) is 14.4 Å². The van der Waals surface area contributed by atoms with E-state index in [1.807, 2.05) is 32.0 Å². The third-order valence-corrected chi connectivity index (χ3v) is 5.11. The summed E-state index contributed by atoms with van der Waals surface area (Å²) in [6, 6.07) is 12.4. The Labute approximate surface area is 180 Å². The molecule has 1 aliphatic heterocycles. The Balaban J connectivity index is 1.96. The van der Waals surface area contributed by atoms with Crippen molar-refractivity contribution in [1.82, 2.24) is 0 Å². The average Bonchev–Trinajstić information content (AvgIpc) is 2.80. The molecular formula is C23H24N2O6. The van der Waals surface area contributed by atoms with Gasteiger partial charge in [-0.05, 0) is 49.2 Å². The van der Waals surface area contributed by atoms with E-state index in [0.717, 1.165) is 16.8 Å². The highest BCUT2D eigenvalue weighted by molar-refractivity contribution is 6.06. The maximum atomic E-state index is 12.9. The molecule has 0 radical (unpaired) electrons. The minimum absolute atomic E-state index is 0.00693. The zero-order chi connectivity index (χ0) is 22.5. The van der Waals surface area contributed by atoms with Crippen LogP contribution >= 0.6 is 0 Å². The normalized spacial score (nSPS) is 13.6. The van der Waals surface area contributed by atoms with Crippen molar-refractivity contribution in [3.8, 4) is 0 Å². The van der Waals surface area contributed by atoms with Crippen LogP contribution in [0.3, 0.4) is 0 Å². The van der Waals surface area contributed by atoms with Gasteiger partial charge in [-0.15, -0.1) is 0 Å². The smallest absolute Gasteiger partial charge is 0.355 e. The first-order chi connectivity index (χ1) is 14.9. The van der Waals surface area contributed by atoms with Crippen LogP contribution in [0.15, 0.2) is 53.7 Å². The molecule has 8 heteroatoms. The van der Waals surface area contributed by atoms with Gasteiger partial charge in [-0.3, -0.25) is 4.79 Å². The number of hydrogen-bond acceptors (Lipinski definition) is 7. The number of amides is 1. The van der Waals surface area contributed by atoms with Crippen molar-refractivity contribution < 1.29 is 28.6 Å². The maximum Gasteiger partial charge on any atom is 0.355 e. The van der Waals surface area contributed by atoms with Crippen LogP contribution in [0.2, 0.25) is 0 Å². The van der Waals surface area contributed by atoms with Crippen LogP contribution in [-0.4, -0.2) is 45.4 Å². The minimum atomic E-state index is -0.700. The highest BCUT2D eigenvalue weighted by Crippen LogP contribution is 2.28. The molecule has 0 spiro atoms. The van der Waals surface area contributed by atoms with Gasteiger partial charge in [0.05, 0.1) is 26.4 Å². The van der Waals surface area contributed by atoms with Gasteiger partial charge in [-0.25, -0.2) is 9.59 Å². The molecule has 1 heterocycles. The molecule has 0 bridgehead atoms. The second-order valence-electron chi connectivity index (χ2n) is 6.97. The number of ether oxygens (including phenoxy) is 3. The molecule has 0 unspecified atom stereocenters. The first-order valence-corrected chi connectivity index (χ1v) is 9.60. The number of rotatable bonds is 5. The number of nitrogens with one attached hydrogen (secondary N) is 1. The van der Waals surface area contributed by atoms with Gasteiger partial charge in [0.1, 0.15) is 12.4 Å². The molecule has 8 nitrogen and oxygen atoms in total. The molecule has 0 saturated carbocycles. The fourth-order valence-electron chi connectivity index (χ4n) is 3.24. The predicted octanol–water partition coefficient (Wildman–Crippen LogP) is 2.95. The van der Waals surface area contributed by atoms with Crippen molar-refractivity contribution in [2.45, 2.75) is 13.8 Å². The Morgan fingerprint density at radius 2 is 1.71 bits per heavy atom. The van der Waals surface area contributed by atoms with E-state index in [2.05, 4.69) is 5.32 Å². The Bertz CT molecular complexity index is 1060. The predicted molar refractivity (Wildman–Crippen MR) is 115 cm³/mol. The van der Waals surface area contributed by atoms with E-state index in [1.165, 1.54) is 19.1 Å². The largest absolute Gasteiger partial charge is 0.466 e. The summed E-state index contributed by atoms with van der Waals surface area (Å²) in [6.45, 7) is 3.84. The summed E-state index contributed by atoms with van der Waals surface area (Å²) in [4.78, 5) is 38.9. The molecule has 0 aromatic heterocycles. The van der Waals surface area contributed by atoms with Crippen LogP contribution in [0, 0.1) is 13.8 Å². The summed E-state index contributed by atoms with van der Waals surface area (Å²) in [5.41, 5.74) is 3.72. The first kappa shape index (κ1) is 22.0. The van der Waals surface area contributed by atoms with Gasteiger partial charge in [-0.2, -0.15) is 0 Å². The number of hydrogen-bond donors (Lipinski definition) is 1. The zero-order valence-electron chi connectivity index (χ0n) is 17.9. The van der Waals surface area contributed by atoms with Crippen LogP contribution in [0.25, 0.3) is 0 Å². The highest BCUT2D eigenvalue weighted by atomic mass is 16.5. The molecule has 0 saturated heterocycles. The second kappa shape index (κ2) is 9.44. The lowest BCUT2D eigenvalue weighted by Crippen LogP contribution is -2.38. The molecule has 1 aliphatic rings. The van der Waals surface area contributed by atoms with Crippen molar-refractivity contribution in [3.05, 3.63) is 70.4 Å². The number of carbonyl (C=O) groups excluding carboxylic acids is 3. The monoisotopic (exact) mass is 424 g/mol. The van der Waals surface area contributed by atoms with Gasteiger partial charge in [0, 0.05) is 16.9 Å². The third kappa shape index (κ3) is 4.59. The SMILES string of the molecule is COC(=O)C1=C(C(=O)OC)N(c2cccc(C(=O)Nc3cccc(C)c3C)c2)COC1. The molecule has 1 N–H and O–H groups in total. The Kier molecular flexibility index (Phi) is 6.71. The standard InChI is InChI=1S/C23H24N2O6/c1-14-7-5-10-19(15(14)2)24-21(26)16-8-6-9-17(11-16)25-13-31-12-18(22(27)29-3)20(25)23(28)30-4/h5-11H,12-13H2,1-4H3,(H,24,26). The van der Waals surface area contributed by atoms with Crippen LogP contribution < -0.4 is 10.2 Å². The molecule has 2 aromatic carbocycles. The number of anilines is 2. The molecule has 0 aliphatic carbocycles. The summed E-state index contributed by atoms with van der Waals surface area (Å²) < 4.78 is 15.1. The van der Waals surface area contributed by atoms with E-state index in [1.54, 1.807) is 24.3 Å². The molecule has 0 fully saturated rings. The van der Waals surface area contributed by atoms with Crippen molar-refractivity contribution in [3.63, 3.8) is 0 Å². The molecule has 1 amide bonds. The van der Waals surface area contributed by atoms with Gasteiger partial charge >= 0.3 is 11.9 Å². The average molecular weight is 424 g/mol. The van der Waals surface area contributed by atoms with Crippen molar-refractivity contribution in [2.24, 2.45) is 0 Å². The molecule has 2 aromatic rings. The van der Waals surface area contributed by atoms with Gasteiger partial charge < -0.3 is 24.4 Å². The van der Waals surface area contributed by atoms with E-state index in [-0.39, 0.29) is 30.5 Å². The van der Waals surface area contributed by atoms with E-state index in [0.29, 0.717) is 11.3 Å². The van der Waals surface area contributed by atoms with Crippen molar-refractivity contribution in [1.29, 1.82) is 0 Å². The lowest BCUT2D eigenvalue weighted by Gasteiger charge is -2.31. The highest BCUT2D eigenvalue weighted by Gasteiger charge is 2.32. The molecule has 162 valence electrons. The van der Waals surface area contributed by atoms with E-state index in [4.69, 9.17) is 14.2 Å². The van der Waals surface area contributed by atoms with Crippen LogP contribution in [0.4, 0.5) is 11.4 Å². The first-order valence-electron chi connectivity index (χ1n) is 9.60. The van der Waals surface area contributed by atoms with E-state index < -0.39 is 11.9 Å². The topological polar surface area (TPSA) is 94.2 Å². The molecule has 0 atom stereocenters. The maximum absolute atomic E-state index is 12.9. The van der Waals surface area contributed by atoms with E-state index >= 15 is 0 Å². The van der Waals surface area contributed by atoms with Gasteiger partial charge in [0.2, 0.25) is 0 Å². The number of benzene rings is 2. The van der Waals surface area contributed by atoms with Crippen molar-refractivity contribution >= 4 is 29.2 Å².